The topological polar surface area (TPSA) is 28.2 Å². The fourth-order valence-corrected chi connectivity index (χ4v) is 2.81. The Kier molecular flexibility index (Phi) is 4.92. The molecule has 21 heavy (non-hydrogen) atoms. The van der Waals surface area contributed by atoms with Gasteiger partial charge in [-0.25, -0.2) is 4.98 Å². The van der Waals surface area contributed by atoms with Gasteiger partial charge in [0, 0.05) is 30.7 Å². The molecular formula is C18H31N3. The fraction of sp³-hybridized carbons (Fsp3) is 0.722. The maximum absolute atomic E-state index is 4.96. The average molecular weight is 289 g/mol. The predicted octanol–water partition coefficient (Wildman–Crippen LogP) is 3.58. The molecule has 0 spiro atoms. The predicted molar refractivity (Wildman–Crippen MR) is 90.9 cm³/mol. The van der Waals surface area contributed by atoms with Gasteiger partial charge in [0.05, 0.1) is 0 Å². The second-order valence-corrected chi connectivity index (χ2v) is 7.61. The maximum atomic E-state index is 4.96. The van der Waals surface area contributed by atoms with Crippen LogP contribution in [0.1, 0.15) is 52.8 Å². The molecule has 3 heteroatoms. The summed E-state index contributed by atoms with van der Waals surface area (Å²) in [6.45, 7) is 17.7. The van der Waals surface area contributed by atoms with E-state index in [1.165, 1.54) is 11.3 Å². The van der Waals surface area contributed by atoms with Crippen LogP contribution >= 0.6 is 0 Å². The molecule has 1 aliphatic heterocycles. The van der Waals surface area contributed by atoms with E-state index in [0.717, 1.165) is 43.8 Å². The van der Waals surface area contributed by atoms with Gasteiger partial charge in [-0.05, 0) is 36.1 Å². The quantitative estimate of drug-likeness (QED) is 0.918. The Hall–Kier alpha value is -1.09. The van der Waals surface area contributed by atoms with Crippen molar-refractivity contribution in [1.29, 1.82) is 0 Å². The minimum Gasteiger partial charge on any atom is -0.356 e. The highest BCUT2D eigenvalue weighted by Gasteiger charge is 2.28. The lowest BCUT2D eigenvalue weighted by Gasteiger charge is -2.24. The summed E-state index contributed by atoms with van der Waals surface area (Å²) in [4.78, 5) is 7.42. The van der Waals surface area contributed by atoms with Crippen molar-refractivity contribution in [3.8, 4) is 0 Å². The number of aromatic nitrogens is 1. The molecule has 1 saturated heterocycles. The summed E-state index contributed by atoms with van der Waals surface area (Å²) < 4.78 is 0. The number of anilines is 1. The van der Waals surface area contributed by atoms with Gasteiger partial charge in [-0.15, -0.1) is 0 Å². The number of nitrogens with one attached hydrogen (secondary N) is 1. The van der Waals surface area contributed by atoms with E-state index in [4.69, 9.17) is 4.98 Å². The van der Waals surface area contributed by atoms with Crippen LogP contribution in [0.25, 0.3) is 0 Å². The van der Waals surface area contributed by atoms with Gasteiger partial charge in [-0.3, -0.25) is 0 Å². The van der Waals surface area contributed by atoms with Crippen molar-refractivity contribution in [2.24, 2.45) is 11.8 Å². The van der Waals surface area contributed by atoms with Crippen LogP contribution in [-0.4, -0.2) is 24.6 Å². The summed E-state index contributed by atoms with van der Waals surface area (Å²) in [7, 11) is 0. The normalized spacial score (nSPS) is 22.9. The third-order valence-electron chi connectivity index (χ3n) is 4.53. The summed E-state index contributed by atoms with van der Waals surface area (Å²) in [5.41, 5.74) is 2.63. The Morgan fingerprint density at radius 1 is 1.19 bits per heavy atom. The van der Waals surface area contributed by atoms with Gasteiger partial charge in [-0.2, -0.15) is 0 Å². The average Bonchev–Trinajstić information content (AvgIpc) is 2.75. The lowest BCUT2D eigenvalue weighted by Crippen LogP contribution is -2.24. The van der Waals surface area contributed by atoms with E-state index in [9.17, 15) is 0 Å². The van der Waals surface area contributed by atoms with Gasteiger partial charge < -0.3 is 10.2 Å². The maximum Gasteiger partial charge on any atom is 0.129 e. The largest absolute Gasteiger partial charge is 0.356 e. The van der Waals surface area contributed by atoms with Crippen LogP contribution in [0, 0.1) is 11.8 Å². The summed E-state index contributed by atoms with van der Waals surface area (Å²) in [5.74, 6) is 2.66. The number of pyridine rings is 1. The highest BCUT2D eigenvalue weighted by molar-refractivity contribution is 5.45. The van der Waals surface area contributed by atoms with E-state index >= 15 is 0 Å². The van der Waals surface area contributed by atoms with Gasteiger partial charge in [0.2, 0.25) is 0 Å². The first-order valence-corrected chi connectivity index (χ1v) is 8.28. The van der Waals surface area contributed by atoms with Crippen LogP contribution in [0.2, 0.25) is 0 Å². The SMILES string of the molecule is CCNCc1cc(N2CC(C)C(C)C2)nc(C(C)(C)C)c1. The standard InChI is InChI=1S/C18H31N3/c1-7-19-10-15-8-16(18(4,5)6)20-17(9-15)21-11-13(2)14(3)12-21/h8-9,13-14,19H,7,10-12H2,1-6H3. The minimum absolute atomic E-state index is 0.0912. The Bertz CT molecular complexity index is 466. The highest BCUT2D eigenvalue weighted by Crippen LogP contribution is 2.30. The number of nitrogens with zero attached hydrogens (tertiary/aromatic N) is 2. The molecular weight excluding hydrogens is 258 g/mol. The van der Waals surface area contributed by atoms with Crippen LogP contribution in [-0.2, 0) is 12.0 Å². The van der Waals surface area contributed by atoms with Crippen molar-refractivity contribution in [3.63, 3.8) is 0 Å². The van der Waals surface area contributed by atoms with Crippen LogP contribution in [0.4, 0.5) is 5.82 Å². The van der Waals surface area contributed by atoms with Crippen molar-refractivity contribution >= 4 is 5.82 Å². The molecule has 0 radical (unpaired) electrons. The first-order chi connectivity index (χ1) is 9.81. The van der Waals surface area contributed by atoms with E-state index in [1.54, 1.807) is 0 Å². The fourth-order valence-electron chi connectivity index (χ4n) is 2.81. The van der Waals surface area contributed by atoms with E-state index in [1.807, 2.05) is 0 Å². The summed E-state index contributed by atoms with van der Waals surface area (Å²) >= 11 is 0. The molecule has 1 fully saturated rings. The van der Waals surface area contributed by atoms with Crippen LogP contribution in [0.3, 0.4) is 0 Å². The van der Waals surface area contributed by atoms with Crippen molar-refractivity contribution in [3.05, 3.63) is 23.4 Å². The Morgan fingerprint density at radius 2 is 1.81 bits per heavy atom. The molecule has 1 aromatic heterocycles. The minimum atomic E-state index is 0.0912. The molecule has 1 N–H and O–H groups in total. The monoisotopic (exact) mass is 289 g/mol. The molecule has 2 unspecified atom stereocenters. The zero-order valence-electron chi connectivity index (χ0n) is 14.5. The van der Waals surface area contributed by atoms with E-state index in [2.05, 4.69) is 63.9 Å². The first-order valence-electron chi connectivity index (χ1n) is 8.28. The van der Waals surface area contributed by atoms with E-state index < -0.39 is 0 Å². The van der Waals surface area contributed by atoms with E-state index in [0.29, 0.717) is 0 Å². The number of rotatable bonds is 4. The molecule has 0 saturated carbocycles. The van der Waals surface area contributed by atoms with Gasteiger partial charge in [0.1, 0.15) is 5.82 Å². The molecule has 2 atom stereocenters. The van der Waals surface area contributed by atoms with E-state index in [-0.39, 0.29) is 5.41 Å². The molecule has 0 amide bonds. The van der Waals surface area contributed by atoms with Crippen molar-refractivity contribution in [2.45, 2.75) is 53.5 Å². The molecule has 0 aromatic carbocycles. The zero-order valence-corrected chi connectivity index (χ0v) is 14.5. The van der Waals surface area contributed by atoms with Gasteiger partial charge in [-0.1, -0.05) is 41.5 Å². The third-order valence-corrected chi connectivity index (χ3v) is 4.53. The molecule has 1 aromatic rings. The van der Waals surface area contributed by atoms with Crippen LogP contribution < -0.4 is 10.2 Å². The summed E-state index contributed by atoms with van der Waals surface area (Å²) in [6.07, 6.45) is 0. The third kappa shape index (κ3) is 3.97. The molecule has 0 bridgehead atoms. The first kappa shape index (κ1) is 16.3. The summed E-state index contributed by atoms with van der Waals surface area (Å²) in [6, 6.07) is 4.53. The zero-order chi connectivity index (χ0) is 15.6. The lowest BCUT2D eigenvalue weighted by atomic mass is 9.90. The molecule has 118 valence electrons. The van der Waals surface area contributed by atoms with Crippen molar-refractivity contribution in [1.82, 2.24) is 10.3 Å². The number of hydrogen-bond donors (Lipinski definition) is 1. The lowest BCUT2D eigenvalue weighted by molar-refractivity contribution is 0.494. The molecule has 3 nitrogen and oxygen atoms in total. The van der Waals surface area contributed by atoms with Gasteiger partial charge in [0.25, 0.3) is 0 Å². The van der Waals surface area contributed by atoms with Gasteiger partial charge >= 0.3 is 0 Å². The number of hydrogen-bond acceptors (Lipinski definition) is 3. The van der Waals surface area contributed by atoms with Crippen molar-refractivity contribution in [2.75, 3.05) is 24.5 Å². The Balaban J connectivity index is 2.31. The smallest absolute Gasteiger partial charge is 0.129 e. The molecule has 2 rings (SSSR count). The second-order valence-electron chi connectivity index (χ2n) is 7.61. The van der Waals surface area contributed by atoms with Gasteiger partial charge in [0.15, 0.2) is 0 Å². The molecule has 0 aliphatic carbocycles. The Labute approximate surface area is 130 Å². The Morgan fingerprint density at radius 3 is 2.33 bits per heavy atom. The molecule has 1 aliphatic rings. The van der Waals surface area contributed by atoms with Crippen LogP contribution in [0.15, 0.2) is 12.1 Å². The second kappa shape index (κ2) is 6.35. The van der Waals surface area contributed by atoms with Crippen molar-refractivity contribution < 1.29 is 0 Å². The molecule has 2 heterocycles. The van der Waals surface area contributed by atoms with Crippen LogP contribution in [0.5, 0.6) is 0 Å². The highest BCUT2D eigenvalue weighted by atomic mass is 15.2. The summed E-state index contributed by atoms with van der Waals surface area (Å²) in [5, 5.41) is 3.43.